The van der Waals surface area contributed by atoms with E-state index in [-0.39, 0.29) is 17.3 Å². The van der Waals surface area contributed by atoms with Gasteiger partial charge in [-0.2, -0.15) is 4.31 Å². The number of quaternary nitrogens is 1. The molecule has 1 amide bonds. The van der Waals surface area contributed by atoms with Crippen LogP contribution in [-0.2, 0) is 14.8 Å². The van der Waals surface area contributed by atoms with Crippen LogP contribution in [-0.4, -0.2) is 71.7 Å². The van der Waals surface area contributed by atoms with Crippen molar-refractivity contribution >= 4 is 21.6 Å². The molecule has 0 unspecified atom stereocenters. The molecule has 172 valence electrons. The zero-order valence-electron chi connectivity index (χ0n) is 18.2. The fourth-order valence-corrected chi connectivity index (χ4v) is 5.35. The third-order valence-electron chi connectivity index (χ3n) is 5.62. The minimum absolute atomic E-state index is 0.132. The van der Waals surface area contributed by atoms with Crippen molar-refractivity contribution in [3.63, 3.8) is 0 Å². The van der Waals surface area contributed by atoms with Gasteiger partial charge in [-0.25, -0.2) is 8.42 Å². The van der Waals surface area contributed by atoms with Gasteiger partial charge in [0.1, 0.15) is 19.0 Å². The molecule has 4 rings (SSSR count). The number of methoxy groups -OCH3 is 1. The molecule has 0 radical (unpaired) electrons. The summed E-state index contributed by atoms with van der Waals surface area (Å²) in [5, 5.41) is 2.90. The van der Waals surface area contributed by atoms with Crippen molar-refractivity contribution in [2.75, 3.05) is 58.4 Å². The Labute approximate surface area is 187 Å². The van der Waals surface area contributed by atoms with Crippen LogP contribution in [0.2, 0.25) is 0 Å². The molecule has 2 aromatic carbocycles. The van der Waals surface area contributed by atoms with Crippen LogP contribution in [0.5, 0.6) is 17.2 Å². The smallest absolute Gasteiger partial charge is 0.279 e. The molecule has 0 atom stereocenters. The lowest BCUT2D eigenvalue weighted by Crippen LogP contribution is -3.15. The number of rotatable bonds is 6. The number of anilines is 1. The second kappa shape index (κ2) is 9.35. The predicted molar refractivity (Wildman–Crippen MR) is 118 cm³/mol. The Kier molecular flexibility index (Phi) is 6.54. The fourth-order valence-electron chi connectivity index (χ4n) is 3.89. The highest BCUT2D eigenvalue weighted by Crippen LogP contribution is 2.33. The predicted octanol–water partition coefficient (Wildman–Crippen LogP) is 0.303. The van der Waals surface area contributed by atoms with E-state index in [4.69, 9.17) is 14.2 Å². The molecule has 9 nitrogen and oxygen atoms in total. The number of ether oxygens (including phenoxy) is 3. The molecule has 0 aromatic heterocycles. The Morgan fingerprint density at radius 1 is 1.09 bits per heavy atom. The molecule has 1 saturated heterocycles. The molecular weight excluding hydrogens is 434 g/mol. The van der Waals surface area contributed by atoms with Crippen LogP contribution in [0.15, 0.2) is 41.3 Å². The number of fused-ring (bicyclic) bond motifs is 1. The van der Waals surface area contributed by atoms with E-state index in [2.05, 4.69) is 5.32 Å². The summed E-state index contributed by atoms with van der Waals surface area (Å²) < 4.78 is 43.9. The monoisotopic (exact) mass is 462 g/mol. The summed E-state index contributed by atoms with van der Waals surface area (Å²) in [5.74, 6) is 1.48. The third-order valence-corrected chi connectivity index (χ3v) is 7.52. The number of piperazine rings is 1. The standard InChI is InChI=1S/C22H27N3O6S/c1-16-3-5-19(29-2)18(13-16)23-22(26)15-24-7-9-25(10-8-24)32(27,28)17-4-6-20-21(14-17)31-12-11-30-20/h3-6,13-14H,7-12,15H2,1-2H3,(H,23,26)/p+1. The highest BCUT2D eigenvalue weighted by Gasteiger charge is 2.32. The molecule has 2 aliphatic rings. The molecule has 1 fully saturated rings. The van der Waals surface area contributed by atoms with Gasteiger partial charge in [-0.15, -0.1) is 0 Å². The van der Waals surface area contributed by atoms with Gasteiger partial charge in [-0.1, -0.05) is 6.07 Å². The summed E-state index contributed by atoms with van der Waals surface area (Å²) in [6.45, 7) is 4.82. The van der Waals surface area contributed by atoms with Crippen LogP contribution in [0.25, 0.3) is 0 Å². The summed E-state index contributed by atoms with van der Waals surface area (Å²) in [5.41, 5.74) is 1.66. The van der Waals surface area contributed by atoms with E-state index < -0.39 is 10.0 Å². The number of sulfonamides is 1. The van der Waals surface area contributed by atoms with Gasteiger partial charge in [-0.05, 0) is 36.8 Å². The van der Waals surface area contributed by atoms with Gasteiger partial charge >= 0.3 is 0 Å². The summed E-state index contributed by atoms with van der Waals surface area (Å²) in [7, 11) is -2.08. The topological polar surface area (TPSA) is 98.6 Å². The Bertz CT molecular complexity index is 1100. The van der Waals surface area contributed by atoms with Gasteiger partial charge in [0.2, 0.25) is 10.0 Å². The van der Waals surface area contributed by atoms with E-state index in [0.717, 1.165) is 10.5 Å². The van der Waals surface area contributed by atoms with Crippen LogP contribution in [0, 0.1) is 6.92 Å². The third kappa shape index (κ3) is 4.82. The molecular formula is C22H28N3O6S+. The van der Waals surface area contributed by atoms with Gasteiger partial charge in [0.25, 0.3) is 5.91 Å². The minimum Gasteiger partial charge on any atom is -0.495 e. The van der Waals surface area contributed by atoms with Gasteiger partial charge < -0.3 is 24.4 Å². The normalized spacial score (nSPS) is 17.1. The summed E-state index contributed by atoms with van der Waals surface area (Å²) >= 11 is 0. The van der Waals surface area contributed by atoms with Crippen molar-refractivity contribution in [3.8, 4) is 17.2 Å². The molecule has 32 heavy (non-hydrogen) atoms. The second-order valence-electron chi connectivity index (χ2n) is 7.89. The molecule has 0 saturated carbocycles. The number of aryl methyl sites for hydroxylation is 1. The van der Waals surface area contributed by atoms with Gasteiger partial charge in [0.15, 0.2) is 18.0 Å². The van der Waals surface area contributed by atoms with Crippen molar-refractivity contribution in [1.82, 2.24) is 4.31 Å². The average Bonchev–Trinajstić information content (AvgIpc) is 2.79. The summed E-state index contributed by atoms with van der Waals surface area (Å²) in [4.78, 5) is 13.8. The minimum atomic E-state index is -3.64. The SMILES string of the molecule is COc1ccc(C)cc1NC(=O)C[NH+]1CCN(S(=O)(=O)c2ccc3c(c2)OCCO3)CC1. The number of carbonyl (C=O) groups is 1. The van der Waals surface area contributed by atoms with Crippen LogP contribution >= 0.6 is 0 Å². The lowest BCUT2D eigenvalue weighted by Gasteiger charge is -2.31. The van der Waals surface area contributed by atoms with Crippen molar-refractivity contribution < 1.29 is 32.3 Å². The lowest BCUT2D eigenvalue weighted by molar-refractivity contribution is -0.895. The van der Waals surface area contributed by atoms with E-state index in [9.17, 15) is 13.2 Å². The molecule has 0 aliphatic carbocycles. The summed E-state index contributed by atoms with van der Waals surface area (Å²) in [6, 6.07) is 10.3. The Hall–Kier alpha value is -2.82. The van der Waals surface area contributed by atoms with Gasteiger partial charge in [-0.3, -0.25) is 4.79 Å². The highest BCUT2D eigenvalue weighted by molar-refractivity contribution is 7.89. The first-order chi connectivity index (χ1) is 15.4. The highest BCUT2D eigenvalue weighted by atomic mass is 32.2. The van der Waals surface area contributed by atoms with Crippen molar-refractivity contribution in [2.45, 2.75) is 11.8 Å². The number of nitrogens with zero attached hydrogens (tertiary/aromatic N) is 1. The lowest BCUT2D eigenvalue weighted by atomic mass is 10.2. The van der Waals surface area contributed by atoms with Gasteiger partial charge in [0, 0.05) is 6.07 Å². The first-order valence-electron chi connectivity index (χ1n) is 10.5. The number of carbonyl (C=O) groups excluding carboxylic acids is 1. The molecule has 10 heteroatoms. The van der Waals surface area contributed by atoms with E-state index >= 15 is 0 Å². The van der Waals surface area contributed by atoms with Crippen molar-refractivity contribution in [1.29, 1.82) is 0 Å². The van der Waals surface area contributed by atoms with Crippen LogP contribution in [0.4, 0.5) is 5.69 Å². The van der Waals surface area contributed by atoms with E-state index in [0.29, 0.717) is 62.3 Å². The molecule has 0 spiro atoms. The van der Waals surface area contributed by atoms with Gasteiger partial charge in [0.05, 0.1) is 43.9 Å². The number of amides is 1. The van der Waals surface area contributed by atoms with Crippen molar-refractivity contribution in [2.24, 2.45) is 0 Å². The number of nitrogens with one attached hydrogen (secondary N) is 2. The maximum Gasteiger partial charge on any atom is 0.279 e. The van der Waals surface area contributed by atoms with E-state index in [1.807, 2.05) is 25.1 Å². The molecule has 2 aliphatic heterocycles. The van der Waals surface area contributed by atoms with Crippen LogP contribution < -0.4 is 24.4 Å². The molecule has 2 heterocycles. The maximum absolute atomic E-state index is 13.1. The number of hydrogen-bond donors (Lipinski definition) is 2. The average molecular weight is 463 g/mol. The van der Waals surface area contributed by atoms with E-state index in [1.54, 1.807) is 19.2 Å². The zero-order valence-corrected chi connectivity index (χ0v) is 19.0. The second-order valence-corrected chi connectivity index (χ2v) is 9.83. The number of hydrogen-bond acceptors (Lipinski definition) is 6. The summed E-state index contributed by atoms with van der Waals surface area (Å²) in [6.07, 6.45) is 0. The van der Waals surface area contributed by atoms with E-state index in [1.165, 1.54) is 10.4 Å². The molecule has 2 N–H and O–H groups in total. The van der Waals surface area contributed by atoms with Crippen LogP contribution in [0.1, 0.15) is 5.56 Å². The molecule has 2 aromatic rings. The Morgan fingerprint density at radius 3 is 2.53 bits per heavy atom. The van der Waals surface area contributed by atoms with Crippen molar-refractivity contribution in [3.05, 3.63) is 42.0 Å². The quantitative estimate of drug-likeness (QED) is 0.641. The Balaban J connectivity index is 1.35. The Morgan fingerprint density at radius 2 is 1.81 bits per heavy atom. The largest absolute Gasteiger partial charge is 0.495 e. The maximum atomic E-state index is 13.1. The molecule has 0 bridgehead atoms. The van der Waals surface area contributed by atoms with Crippen LogP contribution in [0.3, 0.4) is 0 Å². The zero-order chi connectivity index (χ0) is 22.7. The number of benzene rings is 2. The first kappa shape index (κ1) is 22.4. The first-order valence-corrected chi connectivity index (χ1v) is 12.0. The fraction of sp³-hybridized carbons (Fsp3) is 0.409.